The number of hydrogen-bond donors (Lipinski definition) is 1. The molecule has 5 nitrogen and oxygen atoms in total. The molecule has 0 saturated carbocycles. The van der Waals surface area contributed by atoms with E-state index in [4.69, 9.17) is 26.8 Å². The second kappa shape index (κ2) is 8.94. The van der Waals surface area contributed by atoms with Crippen LogP contribution >= 0.6 is 11.6 Å². The summed E-state index contributed by atoms with van der Waals surface area (Å²) in [5.74, 6) is -0.691. The highest BCUT2D eigenvalue weighted by Gasteiger charge is 2.21. The molecule has 0 fully saturated rings. The summed E-state index contributed by atoms with van der Waals surface area (Å²) in [7, 11) is 3.02. The van der Waals surface area contributed by atoms with Gasteiger partial charge in [-0.15, -0.1) is 0 Å². The summed E-state index contributed by atoms with van der Waals surface area (Å²) in [4.78, 5) is 13.8. The Labute approximate surface area is 128 Å². The highest BCUT2D eigenvalue weighted by molar-refractivity contribution is 6.31. The van der Waals surface area contributed by atoms with Gasteiger partial charge in [0.25, 0.3) is 0 Å². The zero-order valence-electron chi connectivity index (χ0n) is 12.1. The zero-order chi connectivity index (χ0) is 15.8. The number of nitrogens with zero attached hydrogens (tertiary/aromatic N) is 1. The summed E-state index contributed by atoms with van der Waals surface area (Å²) in [5, 5.41) is 0.269. The van der Waals surface area contributed by atoms with Crippen LogP contribution in [0.4, 0.5) is 4.39 Å². The maximum atomic E-state index is 13.1. The van der Waals surface area contributed by atoms with Crippen molar-refractivity contribution in [2.45, 2.75) is 12.6 Å². The van der Waals surface area contributed by atoms with Crippen LogP contribution < -0.4 is 5.73 Å². The molecule has 118 valence electrons. The second-order valence-electron chi connectivity index (χ2n) is 4.55. The van der Waals surface area contributed by atoms with Gasteiger partial charge in [0.05, 0.1) is 13.2 Å². The quantitative estimate of drug-likeness (QED) is 0.787. The Kier molecular flexibility index (Phi) is 7.60. The van der Waals surface area contributed by atoms with Crippen LogP contribution in [-0.4, -0.2) is 50.8 Å². The Morgan fingerprint density at radius 1 is 1.43 bits per heavy atom. The van der Waals surface area contributed by atoms with E-state index in [1.165, 1.54) is 24.1 Å². The highest BCUT2D eigenvalue weighted by Crippen LogP contribution is 2.19. The first-order chi connectivity index (χ1) is 9.99. The maximum absolute atomic E-state index is 13.1. The van der Waals surface area contributed by atoms with E-state index in [0.717, 1.165) is 0 Å². The van der Waals surface area contributed by atoms with Gasteiger partial charge in [0.15, 0.2) is 0 Å². The number of nitrogens with two attached hydrogens (primary N) is 1. The lowest BCUT2D eigenvalue weighted by Gasteiger charge is -2.25. The number of halogens is 2. The van der Waals surface area contributed by atoms with Gasteiger partial charge in [0, 0.05) is 32.3 Å². The van der Waals surface area contributed by atoms with E-state index in [1.807, 2.05) is 0 Å². The van der Waals surface area contributed by atoms with Crippen molar-refractivity contribution in [1.82, 2.24) is 4.90 Å². The summed E-state index contributed by atoms with van der Waals surface area (Å²) in [6.45, 7) is 1.09. The van der Waals surface area contributed by atoms with E-state index in [2.05, 4.69) is 0 Å². The molecule has 0 spiro atoms. The third kappa shape index (κ3) is 5.59. The first-order valence-electron chi connectivity index (χ1n) is 6.45. The molecule has 7 heteroatoms. The van der Waals surface area contributed by atoms with Crippen molar-refractivity contribution in [3.05, 3.63) is 34.6 Å². The van der Waals surface area contributed by atoms with Crippen LogP contribution in [-0.2, 0) is 20.8 Å². The number of amides is 1. The first-order valence-corrected chi connectivity index (χ1v) is 6.83. The molecule has 21 heavy (non-hydrogen) atoms. The standard InChI is InChI=1S/C14H20ClFN2O3/c1-20-6-5-18(14(19)13(17)9-21-2)8-10-3-4-11(16)7-12(10)15/h3-4,7,13H,5-6,8-9,17H2,1-2H3. The summed E-state index contributed by atoms with van der Waals surface area (Å²) >= 11 is 5.99. The van der Waals surface area contributed by atoms with E-state index in [0.29, 0.717) is 18.7 Å². The van der Waals surface area contributed by atoms with E-state index in [9.17, 15) is 9.18 Å². The van der Waals surface area contributed by atoms with Crippen molar-refractivity contribution in [2.75, 3.05) is 34.0 Å². The van der Waals surface area contributed by atoms with Gasteiger partial charge in [-0.2, -0.15) is 0 Å². The third-order valence-corrected chi connectivity index (χ3v) is 3.27. The van der Waals surface area contributed by atoms with Crippen LogP contribution in [0.15, 0.2) is 18.2 Å². The third-order valence-electron chi connectivity index (χ3n) is 2.92. The van der Waals surface area contributed by atoms with Crippen molar-refractivity contribution < 1.29 is 18.7 Å². The molecule has 0 heterocycles. The van der Waals surface area contributed by atoms with Crippen molar-refractivity contribution in [1.29, 1.82) is 0 Å². The van der Waals surface area contributed by atoms with Gasteiger partial charge in [-0.25, -0.2) is 4.39 Å². The smallest absolute Gasteiger partial charge is 0.242 e. The summed E-state index contributed by atoms with van der Waals surface area (Å²) in [6.07, 6.45) is 0. The molecule has 2 N–H and O–H groups in total. The highest BCUT2D eigenvalue weighted by atomic mass is 35.5. The molecule has 1 aromatic carbocycles. The van der Waals surface area contributed by atoms with Crippen molar-refractivity contribution >= 4 is 17.5 Å². The van der Waals surface area contributed by atoms with E-state index >= 15 is 0 Å². The zero-order valence-corrected chi connectivity index (χ0v) is 12.9. The lowest BCUT2D eigenvalue weighted by atomic mass is 10.2. The molecule has 0 aromatic heterocycles. The summed E-state index contributed by atoms with van der Waals surface area (Å²) < 4.78 is 22.9. The van der Waals surface area contributed by atoms with Crippen LogP contribution in [0.1, 0.15) is 5.56 Å². The minimum Gasteiger partial charge on any atom is -0.383 e. The van der Waals surface area contributed by atoms with Crippen LogP contribution in [0, 0.1) is 5.82 Å². The number of rotatable bonds is 8. The second-order valence-corrected chi connectivity index (χ2v) is 4.96. The molecule has 1 atom stereocenters. The molecule has 0 radical (unpaired) electrons. The van der Waals surface area contributed by atoms with Gasteiger partial charge in [-0.05, 0) is 17.7 Å². The predicted molar refractivity (Wildman–Crippen MR) is 78.6 cm³/mol. The topological polar surface area (TPSA) is 64.8 Å². The number of carbonyl (C=O) groups excluding carboxylic acids is 1. The fourth-order valence-corrected chi connectivity index (χ4v) is 2.04. The van der Waals surface area contributed by atoms with E-state index in [-0.39, 0.29) is 24.1 Å². The summed E-state index contributed by atoms with van der Waals surface area (Å²) in [5.41, 5.74) is 6.41. The Balaban J connectivity index is 2.84. The van der Waals surface area contributed by atoms with Gasteiger partial charge >= 0.3 is 0 Å². The average molecular weight is 319 g/mol. The lowest BCUT2D eigenvalue weighted by Crippen LogP contribution is -2.46. The Morgan fingerprint density at radius 2 is 2.14 bits per heavy atom. The van der Waals surface area contributed by atoms with E-state index in [1.54, 1.807) is 13.2 Å². The van der Waals surface area contributed by atoms with Gasteiger partial charge in [-0.3, -0.25) is 4.79 Å². The van der Waals surface area contributed by atoms with Gasteiger partial charge in [-0.1, -0.05) is 17.7 Å². The van der Waals surface area contributed by atoms with Crippen LogP contribution in [0.2, 0.25) is 5.02 Å². The van der Waals surface area contributed by atoms with Gasteiger partial charge in [0.2, 0.25) is 5.91 Å². The normalized spacial score (nSPS) is 12.2. The number of benzene rings is 1. The SMILES string of the molecule is COCCN(Cc1ccc(F)cc1Cl)C(=O)C(N)COC. The van der Waals surface area contributed by atoms with Crippen LogP contribution in [0.3, 0.4) is 0 Å². The van der Waals surface area contributed by atoms with E-state index < -0.39 is 11.9 Å². The van der Waals surface area contributed by atoms with Crippen molar-refractivity contribution in [3.8, 4) is 0 Å². The van der Waals surface area contributed by atoms with Gasteiger partial charge < -0.3 is 20.1 Å². The molecule has 0 aliphatic heterocycles. The fourth-order valence-electron chi connectivity index (χ4n) is 1.81. The largest absolute Gasteiger partial charge is 0.383 e. The number of methoxy groups -OCH3 is 2. The van der Waals surface area contributed by atoms with Crippen molar-refractivity contribution in [3.63, 3.8) is 0 Å². The Bertz CT molecular complexity index is 474. The molecule has 0 saturated heterocycles. The van der Waals surface area contributed by atoms with Crippen molar-refractivity contribution in [2.24, 2.45) is 5.73 Å². The molecular formula is C14H20ClFN2O3. The molecule has 0 aliphatic rings. The Morgan fingerprint density at radius 3 is 2.71 bits per heavy atom. The Hall–Kier alpha value is -1.21. The molecule has 1 amide bonds. The molecular weight excluding hydrogens is 299 g/mol. The number of carbonyl (C=O) groups is 1. The lowest BCUT2D eigenvalue weighted by molar-refractivity contribution is -0.135. The monoisotopic (exact) mass is 318 g/mol. The van der Waals surface area contributed by atoms with Crippen LogP contribution in [0.5, 0.6) is 0 Å². The minimum absolute atomic E-state index is 0.124. The predicted octanol–water partition coefficient (Wildman–Crippen LogP) is 1.43. The maximum Gasteiger partial charge on any atom is 0.242 e. The minimum atomic E-state index is -0.758. The molecule has 0 aliphatic carbocycles. The summed E-state index contributed by atoms with van der Waals surface area (Å²) in [6, 6.07) is 3.30. The number of ether oxygens (including phenoxy) is 2. The fraction of sp³-hybridized carbons (Fsp3) is 0.500. The molecule has 1 unspecified atom stereocenters. The first kappa shape index (κ1) is 17.8. The number of hydrogen-bond acceptors (Lipinski definition) is 4. The molecule has 0 bridgehead atoms. The molecule has 1 rings (SSSR count). The van der Waals surface area contributed by atoms with Crippen LogP contribution in [0.25, 0.3) is 0 Å². The average Bonchev–Trinajstić information content (AvgIpc) is 2.45. The molecule has 1 aromatic rings. The van der Waals surface area contributed by atoms with Gasteiger partial charge in [0.1, 0.15) is 11.9 Å².